The highest BCUT2D eigenvalue weighted by Crippen LogP contribution is 2.34. The molecule has 1 saturated heterocycles. The summed E-state index contributed by atoms with van der Waals surface area (Å²) >= 11 is 0. The van der Waals surface area contributed by atoms with Crippen LogP contribution in [0, 0.1) is 13.8 Å². The maximum absolute atomic E-state index is 13.0. The van der Waals surface area contributed by atoms with E-state index in [1.54, 1.807) is 30.3 Å². The number of hydrogen-bond acceptors (Lipinski definition) is 4. The summed E-state index contributed by atoms with van der Waals surface area (Å²) in [6.07, 6.45) is -1.30. The Hall–Kier alpha value is -4.13. The number of likely N-dealkylation sites (N-methyl/N-ethyl adjacent to an activating group) is 1. The highest BCUT2D eigenvalue weighted by molar-refractivity contribution is 6.04. The number of nitrogens with one attached hydrogen (secondary N) is 2. The van der Waals surface area contributed by atoms with Gasteiger partial charge in [0, 0.05) is 17.8 Å². The maximum Gasteiger partial charge on any atom is 0.411 e. The highest BCUT2D eigenvalue weighted by atomic mass is 16.6. The Labute approximate surface area is 205 Å². The number of ether oxygens (including phenoxy) is 1. The second-order valence-electron chi connectivity index (χ2n) is 8.70. The molecule has 1 fully saturated rings. The minimum Gasteiger partial charge on any atom is -0.438 e. The molecule has 0 unspecified atom stereocenters. The summed E-state index contributed by atoms with van der Waals surface area (Å²) in [5.74, 6) is -0.481. The number of nitrogens with zero attached hydrogens (tertiary/aromatic N) is 1. The van der Waals surface area contributed by atoms with E-state index >= 15 is 0 Å². The summed E-state index contributed by atoms with van der Waals surface area (Å²) in [6, 6.07) is 21.4. The standard InChI is InChI=1S/C28H29N3O4/c1-4-29-27(33)24-25(35-28(34)31(24)17-20-10-8-18(2)9-11-20)21-12-14-23(15-13-21)30-26(32)22-7-5-6-19(3)16-22/h5-16,24-25H,4,17H2,1-3H3,(H,29,33)(H,30,32)/t24-,25-/m1/s1. The largest absolute Gasteiger partial charge is 0.438 e. The summed E-state index contributed by atoms with van der Waals surface area (Å²) in [4.78, 5) is 39.8. The zero-order chi connectivity index (χ0) is 24.9. The number of rotatable bonds is 7. The summed E-state index contributed by atoms with van der Waals surface area (Å²) in [5, 5.41) is 5.70. The van der Waals surface area contributed by atoms with E-state index in [1.165, 1.54) is 4.90 Å². The van der Waals surface area contributed by atoms with Crippen LogP contribution < -0.4 is 10.6 Å². The van der Waals surface area contributed by atoms with Gasteiger partial charge in [-0.2, -0.15) is 0 Å². The average molecular weight is 472 g/mol. The number of aryl methyl sites for hydroxylation is 2. The number of anilines is 1. The lowest BCUT2D eigenvalue weighted by Gasteiger charge is -2.24. The van der Waals surface area contributed by atoms with Crippen molar-refractivity contribution < 1.29 is 19.1 Å². The lowest BCUT2D eigenvalue weighted by atomic mass is 10.00. The molecule has 1 aliphatic heterocycles. The monoisotopic (exact) mass is 471 g/mol. The average Bonchev–Trinajstić information content (AvgIpc) is 3.17. The zero-order valence-electron chi connectivity index (χ0n) is 20.1. The Morgan fingerprint density at radius 2 is 1.66 bits per heavy atom. The summed E-state index contributed by atoms with van der Waals surface area (Å²) in [7, 11) is 0. The molecule has 4 rings (SSSR count). The fourth-order valence-corrected chi connectivity index (χ4v) is 4.12. The van der Waals surface area contributed by atoms with Crippen LogP contribution >= 0.6 is 0 Å². The highest BCUT2D eigenvalue weighted by Gasteiger charge is 2.46. The van der Waals surface area contributed by atoms with E-state index in [4.69, 9.17) is 4.74 Å². The van der Waals surface area contributed by atoms with E-state index in [9.17, 15) is 14.4 Å². The van der Waals surface area contributed by atoms with Gasteiger partial charge in [0.2, 0.25) is 5.91 Å². The Balaban J connectivity index is 1.53. The van der Waals surface area contributed by atoms with Gasteiger partial charge in [-0.25, -0.2) is 4.79 Å². The quantitative estimate of drug-likeness (QED) is 0.520. The molecule has 0 aliphatic carbocycles. The first-order chi connectivity index (χ1) is 16.9. The molecule has 0 radical (unpaired) electrons. The van der Waals surface area contributed by atoms with Gasteiger partial charge >= 0.3 is 6.09 Å². The van der Waals surface area contributed by atoms with Crippen LogP contribution in [-0.2, 0) is 16.1 Å². The zero-order valence-corrected chi connectivity index (χ0v) is 20.1. The number of cyclic esters (lactones) is 1. The minimum absolute atomic E-state index is 0.210. The smallest absolute Gasteiger partial charge is 0.411 e. The van der Waals surface area contributed by atoms with Crippen LogP contribution in [0.25, 0.3) is 0 Å². The fourth-order valence-electron chi connectivity index (χ4n) is 4.12. The SMILES string of the molecule is CCNC(=O)[C@H]1[C@@H](c2ccc(NC(=O)c3cccc(C)c3)cc2)OC(=O)N1Cc1ccc(C)cc1. The van der Waals surface area contributed by atoms with Crippen LogP contribution in [0.5, 0.6) is 0 Å². The van der Waals surface area contributed by atoms with Crippen molar-refractivity contribution in [3.63, 3.8) is 0 Å². The van der Waals surface area contributed by atoms with Crippen LogP contribution in [0.4, 0.5) is 10.5 Å². The molecule has 7 nitrogen and oxygen atoms in total. The molecule has 0 spiro atoms. The van der Waals surface area contributed by atoms with Crippen LogP contribution in [0.3, 0.4) is 0 Å². The maximum atomic E-state index is 13.0. The number of amides is 3. The van der Waals surface area contributed by atoms with Crippen LogP contribution in [0.15, 0.2) is 72.8 Å². The van der Waals surface area contributed by atoms with Crippen molar-refractivity contribution >= 4 is 23.6 Å². The lowest BCUT2D eigenvalue weighted by molar-refractivity contribution is -0.126. The summed E-state index contributed by atoms with van der Waals surface area (Å²) in [5.41, 5.74) is 4.89. The molecule has 0 bridgehead atoms. The first-order valence-electron chi connectivity index (χ1n) is 11.6. The topological polar surface area (TPSA) is 87.7 Å². The first-order valence-corrected chi connectivity index (χ1v) is 11.6. The molecule has 1 aliphatic rings. The molecular formula is C28H29N3O4. The second-order valence-corrected chi connectivity index (χ2v) is 8.70. The number of carbonyl (C=O) groups excluding carboxylic acids is 3. The van der Waals surface area contributed by atoms with Gasteiger partial charge in [0.05, 0.1) is 6.54 Å². The first kappa shape index (κ1) is 24.0. The van der Waals surface area contributed by atoms with E-state index in [1.807, 2.05) is 63.2 Å². The Morgan fingerprint density at radius 1 is 0.943 bits per heavy atom. The number of benzene rings is 3. The van der Waals surface area contributed by atoms with Crippen molar-refractivity contribution in [1.82, 2.24) is 10.2 Å². The van der Waals surface area contributed by atoms with Crippen molar-refractivity contribution in [2.24, 2.45) is 0 Å². The van der Waals surface area contributed by atoms with Crippen molar-refractivity contribution in [1.29, 1.82) is 0 Å². The number of carbonyl (C=O) groups is 3. The summed E-state index contributed by atoms with van der Waals surface area (Å²) < 4.78 is 5.68. The molecule has 3 aromatic rings. The van der Waals surface area contributed by atoms with Gasteiger partial charge in [-0.15, -0.1) is 0 Å². The third kappa shape index (κ3) is 5.51. The van der Waals surface area contributed by atoms with Crippen molar-refractivity contribution in [3.8, 4) is 0 Å². The molecule has 2 atom stereocenters. The minimum atomic E-state index is -0.809. The van der Waals surface area contributed by atoms with Crippen LogP contribution in [0.2, 0.25) is 0 Å². The third-order valence-corrected chi connectivity index (χ3v) is 5.96. The van der Waals surface area contributed by atoms with E-state index in [0.717, 1.165) is 16.7 Å². The molecule has 1 heterocycles. The van der Waals surface area contributed by atoms with Crippen molar-refractivity contribution in [2.45, 2.75) is 39.5 Å². The Morgan fingerprint density at radius 3 is 2.31 bits per heavy atom. The van der Waals surface area contributed by atoms with Gasteiger partial charge in [-0.1, -0.05) is 59.7 Å². The van der Waals surface area contributed by atoms with Gasteiger partial charge in [-0.05, 0) is 56.2 Å². The van der Waals surface area contributed by atoms with E-state index in [-0.39, 0.29) is 18.4 Å². The normalized spacial score (nSPS) is 17.1. The van der Waals surface area contributed by atoms with Gasteiger partial charge in [0.15, 0.2) is 12.1 Å². The number of hydrogen-bond donors (Lipinski definition) is 2. The van der Waals surface area contributed by atoms with Crippen LogP contribution in [0.1, 0.15) is 45.6 Å². The molecule has 3 aromatic carbocycles. The third-order valence-electron chi connectivity index (χ3n) is 5.96. The van der Waals surface area contributed by atoms with E-state index < -0.39 is 18.2 Å². The predicted molar refractivity (Wildman–Crippen MR) is 134 cm³/mol. The van der Waals surface area contributed by atoms with Crippen LogP contribution in [-0.4, -0.2) is 35.4 Å². The Kier molecular flexibility index (Phi) is 7.15. The van der Waals surface area contributed by atoms with Gasteiger partial charge in [0.1, 0.15) is 0 Å². The van der Waals surface area contributed by atoms with Gasteiger partial charge in [0.25, 0.3) is 5.91 Å². The molecule has 0 aromatic heterocycles. The van der Waals surface area contributed by atoms with E-state index in [2.05, 4.69) is 10.6 Å². The predicted octanol–water partition coefficient (Wildman–Crippen LogP) is 4.75. The van der Waals surface area contributed by atoms with Crippen molar-refractivity contribution in [2.75, 3.05) is 11.9 Å². The van der Waals surface area contributed by atoms with Crippen molar-refractivity contribution in [3.05, 3.63) is 101 Å². The molecule has 35 heavy (non-hydrogen) atoms. The summed E-state index contributed by atoms with van der Waals surface area (Å²) in [6.45, 7) is 6.47. The van der Waals surface area contributed by atoms with Gasteiger partial charge < -0.3 is 15.4 Å². The Bertz CT molecular complexity index is 1220. The second kappa shape index (κ2) is 10.4. The lowest BCUT2D eigenvalue weighted by Crippen LogP contribution is -2.46. The van der Waals surface area contributed by atoms with E-state index in [0.29, 0.717) is 23.4 Å². The molecule has 3 amide bonds. The molecule has 180 valence electrons. The fraction of sp³-hybridized carbons (Fsp3) is 0.250. The molecule has 2 N–H and O–H groups in total. The molecule has 7 heteroatoms. The molecule has 0 saturated carbocycles. The molecular weight excluding hydrogens is 442 g/mol. The van der Waals surface area contributed by atoms with Gasteiger partial charge in [-0.3, -0.25) is 14.5 Å².